The number of likely N-dealkylation sites (tertiary alicyclic amines) is 1. The van der Waals surface area contributed by atoms with Crippen molar-refractivity contribution in [1.29, 1.82) is 0 Å². The van der Waals surface area contributed by atoms with E-state index in [1.165, 1.54) is 0 Å². The number of amides is 2. The van der Waals surface area contributed by atoms with Crippen LogP contribution in [0.5, 0.6) is 0 Å². The van der Waals surface area contributed by atoms with Crippen LogP contribution >= 0.6 is 23.2 Å². The minimum absolute atomic E-state index is 0.0649. The predicted molar refractivity (Wildman–Crippen MR) is 137 cm³/mol. The Hall–Kier alpha value is -2.61. The Labute approximate surface area is 214 Å². The number of halogens is 2. The molecule has 9 heteroatoms. The fraction of sp³-hybridized carbons (Fsp3) is 0.423. The van der Waals surface area contributed by atoms with Crippen LogP contribution in [0, 0.1) is 5.92 Å². The first-order valence-corrected chi connectivity index (χ1v) is 12.8. The molecule has 35 heavy (non-hydrogen) atoms. The van der Waals surface area contributed by atoms with Crippen molar-refractivity contribution in [2.24, 2.45) is 17.4 Å². The van der Waals surface area contributed by atoms with E-state index in [0.29, 0.717) is 22.2 Å². The molecule has 5 rings (SSSR count). The zero-order valence-corrected chi connectivity index (χ0v) is 21.0. The highest BCUT2D eigenvalue weighted by atomic mass is 35.5. The van der Waals surface area contributed by atoms with Crippen LogP contribution in [0.4, 0.5) is 0 Å². The second kappa shape index (κ2) is 9.45. The van der Waals surface area contributed by atoms with Crippen molar-refractivity contribution in [2.45, 2.75) is 50.6 Å². The average molecular weight is 514 g/mol. The average Bonchev–Trinajstić information content (AvgIpc) is 3.46. The van der Waals surface area contributed by atoms with Crippen LogP contribution in [-0.4, -0.2) is 39.4 Å². The van der Waals surface area contributed by atoms with E-state index < -0.39 is 5.91 Å². The number of primary amides is 2. The number of benzene rings is 2. The van der Waals surface area contributed by atoms with Gasteiger partial charge in [0.1, 0.15) is 5.82 Å². The van der Waals surface area contributed by atoms with Crippen LogP contribution in [-0.2, 0) is 16.9 Å². The normalized spacial score (nSPS) is 18.8. The summed E-state index contributed by atoms with van der Waals surface area (Å²) in [5.74, 6) is 0.279. The second-order valence-corrected chi connectivity index (χ2v) is 10.6. The third kappa shape index (κ3) is 4.41. The Morgan fingerprint density at radius 1 is 1.00 bits per heavy atom. The lowest BCUT2D eigenvalue weighted by molar-refractivity contribution is -0.123. The first-order valence-electron chi connectivity index (χ1n) is 12.1. The summed E-state index contributed by atoms with van der Waals surface area (Å²) in [7, 11) is 0. The first kappa shape index (κ1) is 24.1. The molecular formula is C26H29Cl2N5O2. The maximum atomic E-state index is 11.8. The Kier molecular flexibility index (Phi) is 6.51. The molecule has 0 radical (unpaired) electrons. The number of hydrogen-bond donors (Lipinski definition) is 2. The molecule has 4 N–H and O–H groups in total. The quantitative estimate of drug-likeness (QED) is 0.507. The van der Waals surface area contributed by atoms with E-state index in [0.717, 1.165) is 74.0 Å². The third-order valence-electron chi connectivity index (χ3n) is 7.72. The van der Waals surface area contributed by atoms with Crippen molar-refractivity contribution in [2.75, 3.05) is 13.1 Å². The van der Waals surface area contributed by atoms with Crippen LogP contribution in [0.1, 0.15) is 60.3 Å². The Morgan fingerprint density at radius 3 is 2.23 bits per heavy atom. The van der Waals surface area contributed by atoms with Gasteiger partial charge in [0, 0.05) is 18.0 Å². The van der Waals surface area contributed by atoms with Crippen LogP contribution in [0.15, 0.2) is 36.4 Å². The fourth-order valence-corrected chi connectivity index (χ4v) is 6.14. The van der Waals surface area contributed by atoms with E-state index in [2.05, 4.69) is 9.47 Å². The SMILES string of the molecule is NC(=O)c1ccc(Cn2c(C3(N4CCC(C(N)=O)CC4)CCCC3)nc3cc(Cl)c(Cl)cc32)cc1. The third-order valence-corrected chi connectivity index (χ3v) is 8.44. The zero-order valence-electron chi connectivity index (χ0n) is 19.5. The van der Waals surface area contributed by atoms with Gasteiger partial charge in [-0.25, -0.2) is 4.98 Å². The largest absolute Gasteiger partial charge is 0.369 e. The molecule has 1 aliphatic heterocycles. The lowest BCUT2D eigenvalue weighted by Crippen LogP contribution is -2.51. The van der Waals surface area contributed by atoms with Crippen molar-refractivity contribution in [1.82, 2.24) is 14.5 Å². The number of piperidine rings is 1. The van der Waals surface area contributed by atoms with E-state index in [-0.39, 0.29) is 17.4 Å². The van der Waals surface area contributed by atoms with Gasteiger partial charge in [-0.05, 0) is 68.6 Å². The topological polar surface area (TPSA) is 107 Å². The van der Waals surface area contributed by atoms with Crippen molar-refractivity contribution >= 4 is 46.0 Å². The van der Waals surface area contributed by atoms with E-state index >= 15 is 0 Å². The van der Waals surface area contributed by atoms with E-state index in [1.54, 1.807) is 12.1 Å². The lowest BCUT2D eigenvalue weighted by atomic mass is 9.87. The number of aromatic nitrogens is 2. The lowest BCUT2D eigenvalue weighted by Gasteiger charge is -2.44. The van der Waals surface area contributed by atoms with Gasteiger partial charge in [-0.1, -0.05) is 48.2 Å². The summed E-state index contributed by atoms with van der Waals surface area (Å²) in [4.78, 5) is 31.0. The highest BCUT2D eigenvalue weighted by Crippen LogP contribution is 2.46. The van der Waals surface area contributed by atoms with Gasteiger partial charge < -0.3 is 16.0 Å². The number of imidazole rings is 1. The smallest absolute Gasteiger partial charge is 0.248 e. The van der Waals surface area contributed by atoms with E-state index in [4.69, 9.17) is 39.7 Å². The summed E-state index contributed by atoms with van der Waals surface area (Å²) in [6, 6.07) is 11.1. The molecule has 0 unspecified atom stereocenters. The highest BCUT2D eigenvalue weighted by Gasteiger charge is 2.46. The van der Waals surface area contributed by atoms with Gasteiger partial charge in [-0.15, -0.1) is 0 Å². The summed E-state index contributed by atoms with van der Waals surface area (Å²) in [6.45, 7) is 2.19. The minimum atomic E-state index is -0.448. The van der Waals surface area contributed by atoms with Gasteiger partial charge in [-0.2, -0.15) is 0 Å². The van der Waals surface area contributed by atoms with Crippen molar-refractivity contribution in [3.8, 4) is 0 Å². The number of carbonyl (C=O) groups excluding carboxylic acids is 2. The number of nitrogens with zero attached hydrogens (tertiary/aromatic N) is 3. The Balaban J connectivity index is 1.60. The standard InChI is InChI=1S/C26H29Cl2N5O2/c27-19-13-21-22(14-20(19)28)33(15-16-3-5-17(6-4-16)23(29)34)25(31-21)26(9-1-2-10-26)32-11-7-18(8-12-32)24(30)35/h3-6,13-14,18H,1-2,7-12,15H2,(H2,29,34)(H2,30,35). The van der Waals surface area contributed by atoms with Crippen molar-refractivity contribution in [3.05, 3.63) is 63.4 Å². The summed E-state index contributed by atoms with van der Waals surface area (Å²) in [6.07, 6.45) is 5.77. The molecule has 0 bridgehead atoms. The molecule has 1 saturated carbocycles. The summed E-state index contributed by atoms with van der Waals surface area (Å²) in [5.41, 5.74) is 14.0. The molecule has 1 aromatic heterocycles. The monoisotopic (exact) mass is 513 g/mol. The molecule has 2 amide bonds. The molecule has 1 aliphatic carbocycles. The molecule has 2 fully saturated rings. The molecule has 7 nitrogen and oxygen atoms in total. The molecule has 0 atom stereocenters. The summed E-state index contributed by atoms with van der Waals surface area (Å²) >= 11 is 12.8. The van der Waals surface area contributed by atoms with Gasteiger partial charge in [0.2, 0.25) is 11.8 Å². The van der Waals surface area contributed by atoms with E-state index in [9.17, 15) is 9.59 Å². The number of rotatable bonds is 6. The van der Waals surface area contributed by atoms with Gasteiger partial charge in [-0.3, -0.25) is 14.5 Å². The molecule has 0 spiro atoms. The molecule has 3 aromatic rings. The highest BCUT2D eigenvalue weighted by molar-refractivity contribution is 6.42. The van der Waals surface area contributed by atoms with Gasteiger partial charge in [0.25, 0.3) is 0 Å². The second-order valence-electron chi connectivity index (χ2n) is 9.74. The van der Waals surface area contributed by atoms with Crippen molar-refractivity contribution < 1.29 is 9.59 Å². The maximum absolute atomic E-state index is 11.8. The van der Waals surface area contributed by atoms with E-state index in [1.807, 2.05) is 24.3 Å². The molecule has 2 aliphatic rings. The summed E-state index contributed by atoms with van der Waals surface area (Å²) in [5, 5.41) is 0.961. The van der Waals surface area contributed by atoms with Crippen LogP contribution in [0.25, 0.3) is 11.0 Å². The maximum Gasteiger partial charge on any atom is 0.248 e. The minimum Gasteiger partial charge on any atom is -0.369 e. The predicted octanol–water partition coefficient (Wildman–Crippen LogP) is 4.46. The Morgan fingerprint density at radius 2 is 1.63 bits per heavy atom. The first-order chi connectivity index (χ1) is 16.8. The molecule has 1 saturated heterocycles. The van der Waals surface area contributed by atoms with Gasteiger partial charge in [0.05, 0.1) is 26.6 Å². The number of nitrogens with two attached hydrogens (primary N) is 2. The van der Waals surface area contributed by atoms with Gasteiger partial charge >= 0.3 is 0 Å². The Bertz CT molecular complexity index is 1270. The van der Waals surface area contributed by atoms with Crippen LogP contribution in [0.3, 0.4) is 0 Å². The van der Waals surface area contributed by atoms with Gasteiger partial charge in [0.15, 0.2) is 0 Å². The number of carbonyl (C=O) groups is 2. The fourth-order valence-electron chi connectivity index (χ4n) is 5.83. The molecule has 184 valence electrons. The number of hydrogen-bond acceptors (Lipinski definition) is 4. The van der Waals surface area contributed by atoms with Crippen molar-refractivity contribution in [3.63, 3.8) is 0 Å². The van der Waals surface area contributed by atoms with Crippen LogP contribution < -0.4 is 11.5 Å². The molecule has 2 heterocycles. The summed E-state index contributed by atoms with van der Waals surface area (Å²) < 4.78 is 2.24. The molecule has 2 aromatic carbocycles. The van der Waals surface area contributed by atoms with Crippen LogP contribution in [0.2, 0.25) is 10.0 Å². The number of fused-ring (bicyclic) bond motifs is 1. The zero-order chi connectivity index (χ0) is 24.7. The molecular weight excluding hydrogens is 485 g/mol.